The molecule has 2 aliphatic rings. The third-order valence-corrected chi connectivity index (χ3v) is 5.19. The SMILES string of the molecule is CCN1c2ccc(Br)cc2C2CN(C)CC2C1C. The predicted molar refractivity (Wildman–Crippen MR) is 80.4 cm³/mol. The quantitative estimate of drug-likeness (QED) is 0.785. The van der Waals surface area contributed by atoms with Crippen LogP contribution >= 0.6 is 15.9 Å². The normalized spacial score (nSPS) is 31.3. The molecule has 0 bridgehead atoms. The molecule has 1 aromatic carbocycles. The van der Waals surface area contributed by atoms with Crippen molar-refractivity contribution in [2.75, 3.05) is 31.6 Å². The van der Waals surface area contributed by atoms with Crippen molar-refractivity contribution in [3.63, 3.8) is 0 Å². The van der Waals surface area contributed by atoms with Gasteiger partial charge in [0.1, 0.15) is 0 Å². The van der Waals surface area contributed by atoms with Crippen LogP contribution < -0.4 is 4.90 Å². The number of nitrogens with zero attached hydrogens (tertiary/aromatic N) is 2. The lowest BCUT2D eigenvalue weighted by Crippen LogP contribution is -2.45. The molecule has 0 aromatic heterocycles. The number of hydrogen-bond acceptors (Lipinski definition) is 2. The number of likely N-dealkylation sites (N-methyl/N-ethyl adjacent to an activating group) is 1. The number of fused-ring (bicyclic) bond motifs is 3. The van der Waals surface area contributed by atoms with Crippen LogP contribution in [0.1, 0.15) is 25.3 Å². The number of hydrogen-bond donors (Lipinski definition) is 0. The molecule has 1 fully saturated rings. The summed E-state index contributed by atoms with van der Waals surface area (Å²) in [4.78, 5) is 5.05. The Kier molecular flexibility index (Phi) is 3.15. The van der Waals surface area contributed by atoms with E-state index in [4.69, 9.17) is 0 Å². The van der Waals surface area contributed by atoms with Crippen molar-refractivity contribution in [2.24, 2.45) is 5.92 Å². The zero-order valence-corrected chi connectivity index (χ0v) is 12.9. The standard InChI is InChI=1S/C15H21BrN2/c1-4-18-10(2)13-8-17(3)9-14(13)12-7-11(16)5-6-15(12)18/h5-7,10,13-14H,4,8-9H2,1-3H3. The average molecular weight is 309 g/mol. The fourth-order valence-corrected chi connectivity index (χ4v) is 4.22. The molecule has 2 aliphatic heterocycles. The first-order valence-electron chi connectivity index (χ1n) is 6.86. The van der Waals surface area contributed by atoms with Crippen LogP contribution in [0, 0.1) is 5.92 Å². The van der Waals surface area contributed by atoms with E-state index >= 15 is 0 Å². The molecule has 0 radical (unpaired) electrons. The predicted octanol–water partition coefficient (Wildman–Crippen LogP) is 3.32. The van der Waals surface area contributed by atoms with Gasteiger partial charge >= 0.3 is 0 Å². The van der Waals surface area contributed by atoms with Gasteiger partial charge in [-0.1, -0.05) is 15.9 Å². The molecule has 0 amide bonds. The molecule has 0 N–H and O–H groups in total. The van der Waals surface area contributed by atoms with Crippen molar-refractivity contribution in [3.05, 3.63) is 28.2 Å². The Balaban J connectivity index is 2.10. The summed E-state index contributed by atoms with van der Waals surface area (Å²) in [6.07, 6.45) is 0. The minimum atomic E-state index is 0.652. The van der Waals surface area contributed by atoms with Crippen molar-refractivity contribution in [3.8, 4) is 0 Å². The summed E-state index contributed by atoms with van der Waals surface area (Å²) in [7, 11) is 2.25. The topological polar surface area (TPSA) is 6.48 Å². The van der Waals surface area contributed by atoms with Crippen LogP contribution in [-0.2, 0) is 0 Å². The molecule has 1 aromatic rings. The van der Waals surface area contributed by atoms with Gasteiger partial charge in [-0.25, -0.2) is 0 Å². The maximum absolute atomic E-state index is 3.63. The van der Waals surface area contributed by atoms with E-state index in [9.17, 15) is 0 Å². The van der Waals surface area contributed by atoms with Gasteiger partial charge in [-0.15, -0.1) is 0 Å². The number of likely N-dealkylation sites (tertiary alicyclic amines) is 1. The van der Waals surface area contributed by atoms with Crippen LogP contribution in [0.4, 0.5) is 5.69 Å². The zero-order valence-electron chi connectivity index (χ0n) is 11.4. The minimum absolute atomic E-state index is 0.652. The van der Waals surface area contributed by atoms with E-state index in [1.807, 2.05) is 0 Å². The molecule has 98 valence electrons. The average Bonchev–Trinajstić information content (AvgIpc) is 2.73. The van der Waals surface area contributed by atoms with Crippen molar-refractivity contribution < 1.29 is 0 Å². The number of rotatable bonds is 1. The maximum Gasteiger partial charge on any atom is 0.0405 e. The molecule has 3 heteroatoms. The van der Waals surface area contributed by atoms with Crippen LogP contribution in [0.5, 0.6) is 0 Å². The Morgan fingerprint density at radius 2 is 2.11 bits per heavy atom. The van der Waals surface area contributed by atoms with E-state index in [1.165, 1.54) is 23.2 Å². The van der Waals surface area contributed by atoms with Gasteiger partial charge in [0.05, 0.1) is 0 Å². The summed E-state index contributed by atoms with van der Waals surface area (Å²) in [5.74, 6) is 1.48. The van der Waals surface area contributed by atoms with Crippen LogP contribution in [0.25, 0.3) is 0 Å². The second-order valence-corrected chi connectivity index (χ2v) is 6.64. The summed E-state index contributed by atoms with van der Waals surface area (Å²) in [6.45, 7) is 8.19. The first-order chi connectivity index (χ1) is 8.61. The van der Waals surface area contributed by atoms with Gasteiger partial charge < -0.3 is 9.80 Å². The molecular formula is C15H21BrN2. The molecule has 18 heavy (non-hydrogen) atoms. The zero-order chi connectivity index (χ0) is 12.9. The first-order valence-corrected chi connectivity index (χ1v) is 7.65. The van der Waals surface area contributed by atoms with Gasteiger partial charge in [0, 0.05) is 41.8 Å². The minimum Gasteiger partial charge on any atom is -0.369 e. The fraction of sp³-hybridized carbons (Fsp3) is 0.600. The van der Waals surface area contributed by atoms with Crippen molar-refractivity contribution in [1.29, 1.82) is 0 Å². The van der Waals surface area contributed by atoms with E-state index in [2.05, 4.69) is 64.8 Å². The fourth-order valence-electron chi connectivity index (χ4n) is 3.84. The Bertz CT molecular complexity index is 460. The van der Waals surface area contributed by atoms with Crippen molar-refractivity contribution in [1.82, 2.24) is 4.90 Å². The van der Waals surface area contributed by atoms with Gasteiger partial charge in [-0.2, -0.15) is 0 Å². The summed E-state index contributed by atoms with van der Waals surface area (Å²) < 4.78 is 1.21. The lowest BCUT2D eigenvalue weighted by Gasteiger charge is -2.43. The Morgan fingerprint density at radius 1 is 1.33 bits per heavy atom. The smallest absolute Gasteiger partial charge is 0.0405 e. The Morgan fingerprint density at radius 3 is 2.83 bits per heavy atom. The highest BCUT2D eigenvalue weighted by molar-refractivity contribution is 9.10. The van der Waals surface area contributed by atoms with Crippen molar-refractivity contribution in [2.45, 2.75) is 25.8 Å². The van der Waals surface area contributed by atoms with Gasteiger partial charge in [0.15, 0.2) is 0 Å². The van der Waals surface area contributed by atoms with Crippen LogP contribution in [0.3, 0.4) is 0 Å². The molecule has 3 unspecified atom stereocenters. The highest BCUT2D eigenvalue weighted by atomic mass is 79.9. The number of benzene rings is 1. The Labute approximate surface area is 118 Å². The molecular weight excluding hydrogens is 288 g/mol. The molecule has 0 aliphatic carbocycles. The third kappa shape index (κ3) is 1.79. The largest absolute Gasteiger partial charge is 0.369 e. The van der Waals surface area contributed by atoms with E-state index in [0.717, 1.165) is 12.5 Å². The van der Waals surface area contributed by atoms with Crippen LogP contribution in [0.15, 0.2) is 22.7 Å². The van der Waals surface area contributed by atoms with E-state index in [-0.39, 0.29) is 0 Å². The van der Waals surface area contributed by atoms with E-state index < -0.39 is 0 Å². The first kappa shape index (κ1) is 12.5. The third-order valence-electron chi connectivity index (χ3n) is 4.70. The highest BCUT2D eigenvalue weighted by Crippen LogP contribution is 2.46. The molecule has 0 saturated carbocycles. The summed E-state index contributed by atoms with van der Waals surface area (Å²) in [5.41, 5.74) is 2.99. The van der Waals surface area contributed by atoms with E-state index in [0.29, 0.717) is 12.0 Å². The number of anilines is 1. The van der Waals surface area contributed by atoms with E-state index in [1.54, 1.807) is 5.56 Å². The maximum atomic E-state index is 3.63. The molecule has 2 nitrogen and oxygen atoms in total. The Hall–Kier alpha value is -0.540. The summed E-state index contributed by atoms with van der Waals surface area (Å²) in [6, 6.07) is 7.45. The number of halogens is 1. The second-order valence-electron chi connectivity index (χ2n) is 5.72. The highest BCUT2D eigenvalue weighted by Gasteiger charge is 2.42. The second kappa shape index (κ2) is 4.53. The lowest BCUT2D eigenvalue weighted by molar-refractivity contribution is 0.360. The van der Waals surface area contributed by atoms with Gasteiger partial charge in [0.2, 0.25) is 0 Å². The van der Waals surface area contributed by atoms with Crippen molar-refractivity contribution >= 4 is 21.6 Å². The van der Waals surface area contributed by atoms with Gasteiger partial charge in [0.25, 0.3) is 0 Å². The monoisotopic (exact) mass is 308 g/mol. The van der Waals surface area contributed by atoms with Crippen LogP contribution in [0.2, 0.25) is 0 Å². The molecule has 3 rings (SSSR count). The van der Waals surface area contributed by atoms with Crippen LogP contribution in [-0.4, -0.2) is 37.6 Å². The van der Waals surface area contributed by atoms with Gasteiger partial charge in [-0.3, -0.25) is 0 Å². The van der Waals surface area contributed by atoms with Gasteiger partial charge in [-0.05, 0) is 50.6 Å². The molecule has 1 saturated heterocycles. The summed E-state index contributed by atoms with van der Waals surface area (Å²) in [5, 5.41) is 0. The lowest BCUT2D eigenvalue weighted by atomic mass is 9.79. The molecule has 2 heterocycles. The summed E-state index contributed by atoms with van der Waals surface area (Å²) >= 11 is 3.63. The molecule has 0 spiro atoms. The molecule has 3 atom stereocenters.